The molecule has 0 saturated heterocycles. The molecule has 0 saturated carbocycles. The normalized spacial score (nSPS) is 11.9. The molecule has 2 amide bonds. The molecule has 2 aromatic rings. The molecular formula is C17H22N4O6. The summed E-state index contributed by atoms with van der Waals surface area (Å²) in [5.74, 6) is -1.85. The van der Waals surface area contributed by atoms with Gasteiger partial charge in [0.15, 0.2) is 11.5 Å². The first-order chi connectivity index (χ1) is 12.3. The lowest BCUT2D eigenvalue weighted by molar-refractivity contribution is 0.0429. The Morgan fingerprint density at radius 2 is 1.56 bits per heavy atom. The Morgan fingerprint density at radius 3 is 2.00 bits per heavy atom. The van der Waals surface area contributed by atoms with Gasteiger partial charge in [-0.05, 0) is 47.6 Å². The maximum absolute atomic E-state index is 12.7. The van der Waals surface area contributed by atoms with Crippen LogP contribution in [0.25, 0.3) is 5.65 Å². The van der Waals surface area contributed by atoms with Crippen molar-refractivity contribution in [3.8, 4) is 0 Å². The summed E-state index contributed by atoms with van der Waals surface area (Å²) >= 11 is 0. The largest absolute Gasteiger partial charge is 0.477 e. The van der Waals surface area contributed by atoms with Crippen molar-refractivity contribution in [2.24, 2.45) is 0 Å². The van der Waals surface area contributed by atoms with Crippen LogP contribution in [0.3, 0.4) is 0 Å². The van der Waals surface area contributed by atoms with Crippen LogP contribution in [-0.4, -0.2) is 49.1 Å². The van der Waals surface area contributed by atoms with E-state index < -0.39 is 40.7 Å². The second-order valence-electron chi connectivity index (χ2n) is 7.69. The lowest BCUT2D eigenvalue weighted by atomic mass is 10.2. The highest BCUT2D eigenvalue weighted by molar-refractivity contribution is 6.14. The van der Waals surface area contributed by atoms with Gasteiger partial charge in [-0.25, -0.2) is 23.9 Å². The van der Waals surface area contributed by atoms with E-state index in [0.29, 0.717) is 4.90 Å². The Hall–Kier alpha value is -3.17. The summed E-state index contributed by atoms with van der Waals surface area (Å²) in [5.41, 5.74) is -2.32. The number of carboxylic acids is 1. The molecule has 0 fully saturated rings. The van der Waals surface area contributed by atoms with Crippen LogP contribution in [0, 0.1) is 0 Å². The average molecular weight is 378 g/mol. The van der Waals surface area contributed by atoms with Crippen LogP contribution in [-0.2, 0) is 9.47 Å². The summed E-state index contributed by atoms with van der Waals surface area (Å²) in [6.07, 6.45) is 0.601. The fourth-order valence-corrected chi connectivity index (χ4v) is 2.09. The number of imide groups is 1. The number of carbonyl (C=O) groups excluding carboxylic acids is 2. The molecule has 1 N–H and O–H groups in total. The molecular weight excluding hydrogens is 356 g/mol. The van der Waals surface area contributed by atoms with E-state index in [2.05, 4.69) is 10.1 Å². The van der Waals surface area contributed by atoms with E-state index in [4.69, 9.17) is 9.47 Å². The van der Waals surface area contributed by atoms with Crippen molar-refractivity contribution in [1.82, 2.24) is 14.6 Å². The van der Waals surface area contributed by atoms with Gasteiger partial charge in [0, 0.05) is 12.4 Å². The maximum Gasteiger partial charge on any atom is 0.425 e. The molecule has 0 atom stereocenters. The third-order valence-electron chi connectivity index (χ3n) is 2.95. The Balaban J connectivity index is 2.64. The molecule has 0 radical (unpaired) electrons. The zero-order valence-electron chi connectivity index (χ0n) is 16.0. The lowest BCUT2D eigenvalue weighted by Crippen LogP contribution is -2.44. The quantitative estimate of drug-likeness (QED) is 0.845. The van der Waals surface area contributed by atoms with Crippen LogP contribution >= 0.6 is 0 Å². The lowest BCUT2D eigenvalue weighted by Gasteiger charge is -2.27. The van der Waals surface area contributed by atoms with Crippen molar-refractivity contribution in [2.45, 2.75) is 52.7 Å². The minimum Gasteiger partial charge on any atom is -0.477 e. The number of nitrogens with zero attached hydrogens (tertiary/aromatic N) is 4. The van der Waals surface area contributed by atoms with E-state index in [1.54, 1.807) is 41.5 Å². The van der Waals surface area contributed by atoms with Crippen LogP contribution in [0.4, 0.5) is 15.4 Å². The van der Waals surface area contributed by atoms with Crippen molar-refractivity contribution in [3.05, 3.63) is 24.0 Å². The van der Waals surface area contributed by atoms with Crippen LogP contribution in [0.5, 0.6) is 0 Å². The van der Waals surface area contributed by atoms with Crippen molar-refractivity contribution in [3.63, 3.8) is 0 Å². The van der Waals surface area contributed by atoms with Gasteiger partial charge in [0.2, 0.25) is 0 Å². The standard InChI is InChI=1S/C17H22N4O6/c1-16(2,3)26-14(24)21(15(25)27-17(4,5)6)12-10(13(22)23)11-18-8-7-9-20(11)19-12/h7-9H,1-6H3,(H,22,23). The summed E-state index contributed by atoms with van der Waals surface area (Å²) in [6, 6.07) is 1.53. The third kappa shape index (κ3) is 4.72. The Bertz CT molecular complexity index is 863. The minimum absolute atomic E-state index is 0.0304. The number of rotatable bonds is 2. The third-order valence-corrected chi connectivity index (χ3v) is 2.95. The minimum atomic E-state index is -1.41. The first-order valence-corrected chi connectivity index (χ1v) is 8.13. The van der Waals surface area contributed by atoms with E-state index in [1.165, 1.54) is 18.5 Å². The first-order valence-electron chi connectivity index (χ1n) is 8.13. The average Bonchev–Trinajstić information content (AvgIpc) is 2.81. The summed E-state index contributed by atoms with van der Waals surface area (Å²) < 4.78 is 11.6. The molecule has 0 aliphatic heterocycles. The van der Waals surface area contributed by atoms with Gasteiger partial charge in [-0.2, -0.15) is 4.90 Å². The fraction of sp³-hybridized carbons (Fsp3) is 0.471. The summed E-state index contributed by atoms with van der Waals surface area (Å²) in [7, 11) is 0. The fourth-order valence-electron chi connectivity index (χ4n) is 2.09. The molecule has 2 aromatic heterocycles. The number of carboxylic acid groups (broad SMARTS) is 1. The number of anilines is 1. The van der Waals surface area contributed by atoms with E-state index in [9.17, 15) is 19.5 Å². The molecule has 0 aromatic carbocycles. The van der Waals surface area contributed by atoms with Gasteiger partial charge in [-0.3, -0.25) is 0 Å². The molecule has 0 aliphatic rings. The van der Waals surface area contributed by atoms with Crippen LogP contribution in [0.1, 0.15) is 51.9 Å². The second-order valence-corrected chi connectivity index (χ2v) is 7.69. The van der Waals surface area contributed by atoms with E-state index in [-0.39, 0.29) is 5.65 Å². The summed E-state index contributed by atoms with van der Waals surface area (Å²) in [4.78, 5) is 41.6. The molecule has 0 spiro atoms. The van der Waals surface area contributed by atoms with Crippen LogP contribution in [0.2, 0.25) is 0 Å². The van der Waals surface area contributed by atoms with E-state index >= 15 is 0 Å². The Kier molecular flexibility index (Phi) is 5.12. The Labute approximate surface area is 155 Å². The number of carbonyl (C=O) groups is 3. The second kappa shape index (κ2) is 6.86. The predicted octanol–water partition coefficient (Wildman–Crippen LogP) is 3.10. The van der Waals surface area contributed by atoms with E-state index in [0.717, 1.165) is 4.52 Å². The molecule has 27 heavy (non-hydrogen) atoms. The molecule has 146 valence electrons. The van der Waals surface area contributed by atoms with Gasteiger partial charge in [0.25, 0.3) is 0 Å². The molecule has 2 heterocycles. The number of aromatic nitrogens is 3. The first kappa shape index (κ1) is 20.1. The summed E-state index contributed by atoms with van der Waals surface area (Å²) in [5, 5.41) is 13.6. The predicted molar refractivity (Wildman–Crippen MR) is 94.9 cm³/mol. The number of aromatic carboxylic acids is 1. The van der Waals surface area contributed by atoms with Crippen LogP contribution < -0.4 is 4.90 Å². The highest BCUT2D eigenvalue weighted by Crippen LogP contribution is 2.26. The maximum atomic E-state index is 12.7. The van der Waals surface area contributed by atoms with Crippen LogP contribution in [0.15, 0.2) is 18.5 Å². The highest BCUT2D eigenvalue weighted by Gasteiger charge is 2.38. The molecule has 10 heteroatoms. The number of fused-ring (bicyclic) bond motifs is 1. The SMILES string of the molecule is CC(C)(C)OC(=O)N(C(=O)OC(C)(C)C)c1nn2cccnc2c1C(=O)O. The zero-order valence-corrected chi connectivity index (χ0v) is 16.0. The van der Waals surface area contributed by atoms with E-state index in [1.807, 2.05) is 0 Å². The van der Waals surface area contributed by atoms with Crippen molar-refractivity contribution in [1.29, 1.82) is 0 Å². The molecule has 2 rings (SSSR count). The monoisotopic (exact) mass is 378 g/mol. The topological polar surface area (TPSA) is 123 Å². The number of amides is 2. The van der Waals surface area contributed by atoms with Gasteiger partial charge in [-0.1, -0.05) is 0 Å². The van der Waals surface area contributed by atoms with Gasteiger partial charge in [0.05, 0.1) is 0 Å². The number of hydrogen-bond donors (Lipinski definition) is 1. The van der Waals surface area contributed by atoms with Gasteiger partial charge >= 0.3 is 18.2 Å². The van der Waals surface area contributed by atoms with Crippen molar-refractivity contribution >= 4 is 29.6 Å². The van der Waals surface area contributed by atoms with Gasteiger partial charge < -0.3 is 14.6 Å². The molecule has 0 aliphatic carbocycles. The van der Waals surface area contributed by atoms with Crippen molar-refractivity contribution < 1.29 is 29.0 Å². The highest BCUT2D eigenvalue weighted by atomic mass is 16.6. The molecule has 10 nitrogen and oxygen atoms in total. The van der Waals surface area contributed by atoms with Gasteiger partial charge in [-0.15, -0.1) is 5.10 Å². The van der Waals surface area contributed by atoms with Gasteiger partial charge in [0.1, 0.15) is 16.8 Å². The summed E-state index contributed by atoms with van der Waals surface area (Å²) in [6.45, 7) is 9.68. The zero-order chi connectivity index (χ0) is 20.6. The number of hydrogen-bond acceptors (Lipinski definition) is 7. The Morgan fingerprint density at radius 1 is 1.04 bits per heavy atom. The smallest absolute Gasteiger partial charge is 0.425 e. The molecule has 0 unspecified atom stereocenters. The molecule has 0 bridgehead atoms. The number of ether oxygens (including phenoxy) is 2. The van der Waals surface area contributed by atoms with Crippen molar-refractivity contribution in [2.75, 3.05) is 4.90 Å².